The van der Waals surface area contributed by atoms with Crippen LogP contribution in [0.25, 0.3) is 33.5 Å². The molecule has 11 heteroatoms. The number of hydrogen-bond donors (Lipinski definition) is 0. The number of rotatable bonds is 8. The Morgan fingerprint density at radius 2 is 1.70 bits per heavy atom. The van der Waals surface area contributed by atoms with E-state index >= 15 is 0 Å². The molecule has 43 heavy (non-hydrogen) atoms. The Kier molecular flexibility index (Phi) is 8.00. The van der Waals surface area contributed by atoms with Crippen LogP contribution in [0.1, 0.15) is 11.1 Å². The first-order valence-corrected chi connectivity index (χ1v) is 14.5. The van der Waals surface area contributed by atoms with Crippen molar-refractivity contribution in [3.8, 4) is 28.8 Å². The molecule has 0 amide bonds. The average Bonchev–Trinajstić information content (AvgIpc) is 3.47. The summed E-state index contributed by atoms with van der Waals surface area (Å²) in [6.45, 7) is 0.193. The number of furan rings is 1. The Bertz CT molecular complexity index is 2070. The molecule has 6 rings (SSSR count). The van der Waals surface area contributed by atoms with E-state index in [4.69, 9.17) is 23.6 Å². The van der Waals surface area contributed by atoms with Crippen LogP contribution in [-0.2, 0) is 6.61 Å². The Labute approximate surface area is 261 Å². The van der Waals surface area contributed by atoms with Crippen molar-refractivity contribution in [3.05, 3.63) is 115 Å². The van der Waals surface area contributed by atoms with Crippen LogP contribution in [0.5, 0.6) is 17.2 Å². The van der Waals surface area contributed by atoms with Crippen molar-refractivity contribution in [3.63, 3.8) is 0 Å². The van der Waals surface area contributed by atoms with E-state index in [-0.39, 0.29) is 23.8 Å². The third-order valence-corrected chi connectivity index (χ3v) is 8.84. The van der Waals surface area contributed by atoms with E-state index in [9.17, 15) is 9.18 Å². The van der Waals surface area contributed by atoms with Gasteiger partial charge in [0.15, 0.2) is 17.3 Å². The van der Waals surface area contributed by atoms with Crippen molar-refractivity contribution in [2.75, 3.05) is 14.2 Å². The standard InChI is InChI=1S/C32H22Br2FN3O5/c1-40-24-8-5-9-25-22(24)15-27(43-25)31-37-23-7-4-3-6-21(23)32(39)38(31)36-16-19-14-26(41-2)30(29(34)28(19)33)42-17-18-10-12-20(35)13-11-18/h3-16H,17H2,1-2H3. The molecule has 0 spiro atoms. The summed E-state index contributed by atoms with van der Waals surface area (Å²) in [6, 6.07) is 22.1. The summed E-state index contributed by atoms with van der Waals surface area (Å²) in [7, 11) is 3.10. The van der Waals surface area contributed by atoms with Gasteiger partial charge in [-0.2, -0.15) is 9.78 Å². The summed E-state index contributed by atoms with van der Waals surface area (Å²) in [5.74, 6) is 1.75. The third-order valence-electron chi connectivity index (χ3n) is 6.70. The fourth-order valence-corrected chi connectivity index (χ4v) is 5.49. The average molecular weight is 707 g/mol. The topological polar surface area (TPSA) is 88.1 Å². The van der Waals surface area contributed by atoms with Gasteiger partial charge in [0.25, 0.3) is 5.56 Å². The van der Waals surface area contributed by atoms with Crippen LogP contribution in [0.2, 0.25) is 0 Å². The van der Waals surface area contributed by atoms with E-state index in [1.807, 2.05) is 24.3 Å². The van der Waals surface area contributed by atoms with Crippen molar-refractivity contribution in [2.24, 2.45) is 5.10 Å². The van der Waals surface area contributed by atoms with Gasteiger partial charge in [0.05, 0.1) is 41.2 Å². The number of benzene rings is 4. The molecule has 0 aliphatic carbocycles. The highest BCUT2D eigenvalue weighted by Gasteiger charge is 2.20. The molecule has 216 valence electrons. The van der Waals surface area contributed by atoms with Crippen LogP contribution >= 0.6 is 31.9 Å². The summed E-state index contributed by atoms with van der Waals surface area (Å²) in [6.07, 6.45) is 1.52. The molecule has 0 aliphatic rings. The third kappa shape index (κ3) is 5.53. The lowest BCUT2D eigenvalue weighted by Gasteiger charge is -2.15. The second-order valence-electron chi connectivity index (χ2n) is 9.34. The lowest BCUT2D eigenvalue weighted by molar-refractivity contribution is 0.282. The molecule has 4 aromatic carbocycles. The first-order valence-electron chi connectivity index (χ1n) is 12.9. The second-order valence-corrected chi connectivity index (χ2v) is 10.9. The van der Waals surface area contributed by atoms with Crippen LogP contribution in [0, 0.1) is 5.82 Å². The monoisotopic (exact) mass is 705 g/mol. The van der Waals surface area contributed by atoms with E-state index in [2.05, 4.69) is 37.0 Å². The summed E-state index contributed by atoms with van der Waals surface area (Å²) >= 11 is 7.19. The maximum atomic E-state index is 13.7. The minimum absolute atomic E-state index is 0.193. The van der Waals surface area contributed by atoms with Crippen LogP contribution in [0.15, 0.2) is 102 Å². The number of halogens is 3. The summed E-state index contributed by atoms with van der Waals surface area (Å²) < 4.78 is 38.9. The molecule has 6 aromatic rings. The zero-order valence-electron chi connectivity index (χ0n) is 22.8. The van der Waals surface area contributed by atoms with E-state index in [0.717, 1.165) is 10.9 Å². The molecule has 0 saturated heterocycles. The predicted octanol–water partition coefficient (Wildman–Crippen LogP) is 7.95. The highest BCUT2D eigenvalue weighted by molar-refractivity contribution is 9.13. The molecule has 0 saturated carbocycles. The molecule has 0 aliphatic heterocycles. The van der Waals surface area contributed by atoms with Gasteiger partial charge in [-0.05, 0) is 86.0 Å². The van der Waals surface area contributed by atoms with E-state index < -0.39 is 0 Å². The molecule has 8 nitrogen and oxygen atoms in total. The van der Waals surface area contributed by atoms with Crippen molar-refractivity contribution in [1.29, 1.82) is 0 Å². The molecule has 0 radical (unpaired) electrons. The van der Waals surface area contributed by atoms with Gasteiger partial charge in [-0.25, -0.2) is 9.37 Å². The molecule has 2 heterocycles. The van der Waals surface area contributed by atoms with Crippen LogP contribution in [-0.4, -0.2) is 30.1 Å². The maximum Gasteiger partial charge on any atom is 0.282 e. The summed E-state index contributed by atoms with van der Waals surface area (Å²) in [5, 5.41) is 5.71. The summed E-state index contributed by atoms with van der Waals surface area (Å²) in [4.78, 5) is 18.4. The first kappa shape index (κ1) is 28.6. The highest BCUT2D eigenvalue weighted by atomic mass is 79.9. The molecular formula is C32H22Br2FN3O5. The van der Waals surface area contributed by atoms with Crippen molar-refractivity contribution >= 4 is 59.9 Å². The van der Waals surface area contributed by atoms with Crippen LogP contribution < -0.4 is 19.8 Å². The number of aromatic nitrogens is 2. The summed E-state index contributed by atoms with van der Waals surface area (Å²) in [5.41, 5.74) is 2.10. The van der Waals surface area contributed by atoms with Gasteiger partial charge >= 0.3 is 0 Å². The molecule has 0 bridgehead atoms. The minimum atomic E-state index is -0.370. The predicted molar refractivity (Wildman–Crippen MR) is 170 cm³/mol. The van der Waals surface area contributed by atoms with E-state index in [1.54, 1.807) is 49.6 Å². The lowest BCUT2D eigenvalue weighted by Crippen LogP contribution is -2.20. The van der Waals surface area contributed by atoms with Crippen molar-refractivity contribution < 1.29 is 23.0 Å². The van der Waals surface area contributed by atoms with Crippen molar-refractivity contribution in [2.45, 2.75) is 6.61 Å². The minimum Gasteiger partial charge on any atom is -0.496 e. The maximum absolute atomic E-state index is 13.7. The number of methoxy groups -OCH3 is 2. The van der Waals surface area contributed by atoms with Crippen LogP contribution in [0.3, 0.4) is 0 Å². The Balaban J connectivity index is 1.43. The van der Waals surface area contributed by atoms with Gasteiger partial charge in [-0.15, -0.1) is 0 Å². The van der Waals surface area contributed by atoms with Gasteiger partial charge in [0.1, 0.15) is 23.8 Å². The largest absolute Gasteiger partial charge is 0.496 e. The van der Waals surface area contributed by atoms with Gasteiger partial charge < -0.3 is 18.6 Å². The van der Waals surface area contributed by atoms with E-state index in [0.29, 0.717) is 54.0 Å². The van der Waals surface area contributed by atoms with Gasteiger partial charge in [0.2, 0.25) is 5.82 Å². The lowest BCUT2D eigenvalue weighted by atomic mass is 10.2. The molecule has 0 fully saturated rings. The Morgan fingerprint density at radius 1 is 0.930 bits per heavy atom. The normalized spacial score (nSPS) is 11.5. The number of fused-ring (bicyclic) bond motifs is 2. The van der Waals surface area contributed by atoms with Crippen LogP contribution in [0.4, 0.5) is 4.39 Å². The fraction of sp³-hybridized carbons (Fsp3) is 0.0938. The van der Waals surface area contributed by atoms with Gasteiger partial charge in [0, 0.05) is 10.0 Å². The quantitative estimate of drug-likeness (QED) is 0.149. The van der Waals surface area contributed by atoms with Gasteiger partial charge in [-0.1, -0.05) is 30.3 Å². The number of hydrogen-bond acceptors (Lipinski definition) is 7. The van der Waals surface area contributed by atoms with Crippen molar-refractivity contribution in [1.82, 2.24) is 9.66 Å². The molecule has 0 atom stereocenters. The first-order chi connectivity index (χ1) is 20.9. The van der Waals surface area contributed by atoms with Gasteiger partial charge in [-0.3, -0.25) is 4.79 Å². The smallest absolute Gasteiger partial charge is 0.282 e. The zero-order chi connectivity index (χ0) is 30.1. The Hall–Kier alpha value is -4.48. The molecule has 2 aromatic heterocycles. The number of nitrogens with zero attached hydrogens (tertiary/aromatic N) is 3. The van der Waals surface area contributed by atoms with E-state index in [1.165, 1.54) is 30.1 Å². The second kappa shape index (κ2) is 12.0. The highest BCUT2D eigenvalue weighted by Crippen LogP contribution is 2.43. The molecule has 0 N–H and O–H groups in total. The fourth-order valence-electron chi connectivity index (χ4n) is 4.55. The number of para-hydroxylation sites is 1. The molecular weight excluding hydrogens is 685 g/mol. The SMILES string of the molecule is COc1cc(C=Nn2c(-c3cc4c(OC)cccc4o3)nc3ccccc3c2=O)c(Br)c(Br)c1OCc1ccc(F)cc1. The molecule has 0 unspecified atom stereocenters. The number of ether oxygens (including phenoxy) is 3. The zero-order valence-corrected chi connectivity index (χ0v) is 26.0. The Morgan fingerprint density at radius 3 is 2.47 bits per heavy atom.